The number of ether oxygens (including phenoxy) is 6. The van der Waals surface area contributed by atoms with Crippen LogP contribution in [0.25, 0.3) is 0 Å². The lowest BCUT2D eigenvalue weighted by molar-refractivity contribution is -0.332. The van der Waals surface area contributed by atoms with Crippen molar-refractivity contribution in [1.29, 1.82) is 0 Å². The zero-order chi connectivity index (χ0) is 43.1. The highest BCUT2D eigenvalue weighted by Crippen LogP contribution is 2.26. The average molecular weight is 851 g/mol. The van der Waals surface area contributed by atoms with Gasteiger partial charge in [0.15, 0.2) is 12.6 Å². The Bertz CT molecular complexity index is 990. The molecule has 2 rings (SSSR count). The number of aliphatic hydroxyl groups excluding tert-OH is 7. The van der Waals surface area contributed by atoms with Gasteiger partial charge in [0.05, 0.1) is 26.4 Å². The molecule has 11 unspecified atom stereocenters. The fourth-order valence-electron chi connectivity index (χ4n) is 7.70. The lowest BCUT2D eigenvalue weighted by Crippen LogP contribution is -2.61. The summed E-state index contributed by atoms with van der Waals surface area (Å²) in [5.41, 5.74) is 0. The Morgan fingerprint density at radius 3 is 1.37 bits per heavy atom. The highest BCUT2D eigenvalue weighted by molar-refractivity contribution is 5.69. The number of carbonyl (C=O) groups is 1. The van der Waals surface area contributed by atoms with Crippen LogP contribution in [-0.2, 0) is 33.2 Å². The standard InChI is InChI=1S/C45H86O14/c1-3-5-7-9-11-13-15-17-19-21-23-25-27-29-54-31-34(57-37(47)28-26-24-22-20-18-16-14-12-10-8-6-4-2)32-55-44-43(53)41(51)39(49)36(59-44)33-56-45-42(52)40(50)38(48)35(30-46)58-45/h34-36,38-46,48-53H,3-33H2,1-2H3. The first kappa shape index (κ1) is 54.1. The van der Waals surface area contributed by atoms with Crippen LogP contribution in [0.15, 0.2) is 0 Å². The molecular weight excluding hydrogens is 764 g/mol. The summed E-state index contributed by atoms with van der Waals surface area (Å²) in [6.07, 6.45) is 14.5. The van der Waals surface area contributed by atoms with Crippen LogP contribution in [0, 0.1) is 0 Å². The number of carbonyl (C=O) groups excluding carboxylic acids is 1. The molecule has 2 aliphatic heterocycles. The molecule has 0 radical (unpaired) electrons. The normalized spacial score (nSPS) is 27.9. The Morgan fingerprint density at radius 1 is 0.492 bits per heavy atom. The molecule has 0 saturated carbocycles. The highest BCUT2D eigenvalue weighted by atomic mass is 16.7. The predicted molar refractivity (Wildman–Crippen MR) is 224 cm³/mol. The molecule has 2 saturated heterocycles. The third kappa shape index (κ3) is 23.3. The third-order valence-corrected chi connectivity index (χ3v) is 11.6. The summed E-state index contributed by atoms with van der Waals surface area (Å²) in [6.45, 7) is 3.70. The molecule has 0 aromatic carbocycles. The Morgan fingerprint density at radius 2 is 0.898 bits per heavy atom. The van der Waals surface area contributed by atoms with E-state index in [4.69, 9.17) is 28.4 Å². The first-order chi connectivity index (χ1) is 28.6. The van der Waals surface area contributed by atoms with Gasteiger partial charge in [0.2, 0.25) is 0 Å². The molecule has 0 aromatic heterocycles. The van der Waals surface area contributed by atoms with E-state index in [2.05, 4.69) is 13.8 Å². The summed E-state index contributed by atoms with van der Waals surface area (Å²) in [6, 6.07) is 0. The van der Waals surface area contributed by atoms with Crippen molar-refractivity contribution >= 4 is 5.97 Å². The molecule has 2 aliphatic rings. The smallest absolute Gasteiger partial charge is 0.306 e. The first-order valence-electron chi connectivity index (χ1n) is 23.6. The van der Waals surface area contributed by atoms with Crippen LogP contribution in [0.3, 0.4) is 0 Å². The van der Waals surface area contributed by atoms with Crippen LogP contribution in [0.5, 0.6) is 0 Å². The van der Waals surface area contributed by atoms with Gasteiger partial charge in [-0.15, -0.1) is 0 Å². The zero-order valence-electron chi connectivity index (χ0n) is 36.8. The molecule has 59 heavy (non-hydrogen) atoms. The second-order valence-corrected chi connectivity index (χ2v) is 16.9. The fourth-order valence-corrected chi connectivity index (χ4v) is 7.70. The van der Waals surface area contributed by atoms with Crippen molar-refractivity contribution < 1.29 is 69.0 Å². The van der Waals surface area contributed by atoms with Crippen molar-refractivity contribution in [2.45, 2.75) is 248 Å². The number of unbranched alkanes of at least 4 members (excludes halogenated alkanes) is 23. The Balaban J connectivity index is 1.80. The number of rotatable bonds is 37. The van der Waals surface area contributed by atoms with E-state index in [0.717, 1.165) is 38.5 Å². The highest BCUT2D eigenvalue weighted by Gasteiger charge is 2.47. The first-order valence-corrected chi connectivity index (χ1v) is 23.6. The van der Waals surface area contributed by atoms with Crippen molar-refractivity contribution in [2.75, 3.05) is 33.0 Å². The van der Waals surface area contributed by atoms with Crippen molar-refractivity contribution in [3.63, 3.8) is 0 Å². The lowest BCUT2D eigenvalue weighted by Gasteiger charge is -2.42. The quantitative estimate of drug-likeness (QED) is 0.0294. The van der Waals surface area contributed by atoms with Crippen LogP contribution < -0.4 is 0 Å². The van der Waals surface area contributed by atoms with Gasteiger partial charge in [0, 0.05) is 13.0 Å². The molecule has 0 amide bonds. The van der Waals surface area contributed by atoms with Gasteiger partial charge in [-0.25, -0.2) is 0 Å². The second kappa shape index (κ2) is 34.5. The fraction of sp³-hybridized carbons (Fsp3) is 0.978. The van der Waals surface area contributed by atoms with E-state index in [1.165, 1.54) is 116 Å². The Hall–Kier alpha value is -1.01. The van der Waals surface area contributed by atoms with Gasteiger partial charge in [-0.1, -0.05) is 162 Å². The van der Waals surface area contributed by atoms with Gasteiger partial charge in [-0.2, -0.15) is 0 Å². The predicted octanol–water partition coefficient (Wildman–Crippen LogP) is 5.74. The maximum Gasteiger partial charge on any atom is 0.306 e. The maximum atomic E-state index is 12.9. The van der Waals surface area contributed by atoms with Crippen LogP contribution in [0.1, 0.15) is 181 Å². The van der Waals surface area contributed by atoms with Gasteiger partial charge < -0.3 is 64.2 Å². The summed E-state index contributed by atoms with van der Waals surface area (Å²) in [7, 11) is 0. The Kier molecular flexibility index (Phi) is 31.6. The van der Waals surface area contributed by atoms with Crippen LogP contribution in [0.2, 0.25) is 0 Å². The van der Waals surface area contributed by atoms with Crippen molar-refractivity contribution in [2.24, 2.45) is 0 Å². The number of esters is 1. The van der Waals surface area contributed by atoms with E-state index >= 15 is 0 Å². The average Bonchev–Trinajstić information content (AvgIpc) is 3.23. The molecule has 0 bridgehead atoms. The molecule has 14 heteroatoms. The van der Waals surface area contributed by atoms with Gasteiger partial charge in [-0.3, -0.25) is 4.79 Å². The summed E-state index contributed by atoms with van der Waals surface area (Å²) in [5.74, 6) is -0.374. The van der Waals surface area contributed by atoms with Crippen LogP contribution >= 0.6 is 0 Å². The number of aliphatic hydroxyl groups is 7. The van der Waals surface area contributed by atoms with Crippen LogP contribution in [-0.4, -0.2) is 142 Å². The summed E-state index contributed by atoms with van der Waals surface area (Å²) in [5, 5.41) is 71.9. The third-order valence-electron chi connectivity index (χ3n) is 11.6. The van der Waals surface area contributed by atoms with E-state index in [-0.39, 0.29) is 25.6 Å². The molecule has 350 valence electrons. The van der Waals surface area contributed by atoms with Gasteiger partial charge >= 0.3 is 5.97 Å². The molecule has 14 nitrogen and oxygen atoms in total. The van der Waals surface area contributed by atoms with Crippen molar-refractivity contribution in [1.82, 2.24) is 0 Å². The molecular formula is C45H86O14. The molecule has 11 atom stereocenters. The number of hydrogen-bond acceptors (Lipinski definition) is 14. The van der Waals surface area contributed by atoms with Gasteiger partial charge in [0.25, 0.3) is 0 Å². The summed E-state index contributed by atoms with van der Waals surface area (Å²) >= 11 is 0. The van der Waals surface area contributed by atoms with E-state index in [1.807, 2.05) is 0 Å². The maximum absolute atomic E-state index is 12.9. The zero-order valence-corrected chi connectivity index (χ0v) is 36.8. The van der Waals surface area contributed by atoms with Crippen LogP contribution in [0.4, 0.5) is 0 Å². The second-order valence-electron chi connectivity index (χ2n) is 16.9. The number of hydrogen-bond donors (Lipinski definition) is 7. The van der Waals surface area contributed by atoms with E-state index in [9.17, 15) is 40.5 Å². The summed E-state index contributed by atoms with van der Waals surface area (Å²) < 4.78 is 34.2. The topological polar surface area (TPSA) is 214 Å². The molecule has 7 N–H and O–H groups in total. The minimum atomic E-state index is -1.70. The molecule has 2 fully saturated rings. The monoisotopic (exact) mass is 851 g/mol. The minimum absolute atomic E-state index is 0.0695. The lowest BCUT2D eigenvalue weighted by atomic mass is 9.98. The van der Waals surface area contributed by atoms with Crippen molar-refractivity contribution in [3.05, 3.63) is 0 Å². The van der Waals surface area contributed by atoms with E-state index in [1.54, 1.807) is 0 Å². The van der Waals surface area contributed by atoms with Gasteiger partial charge in [-0.05, 0) is 12.8 Å². The Labute approximate surface area is 355 Å². The molecule has 0 aliphatic carbocycles. The van der Waals surface area contributed by atoms with E-state index in [0.29, 0.717) is 13.0 Å². The largest absolute Gasteiger partial charge is 0.457 e. The van der Waals surface area contributed by atoms with Gasteiger partial charge in [0.1, 0.15) is 54.9 Å². The van der Waals surface area contributed by atoms with E-state index < -0.39 is 80.7 Å². The SMILES string of the molecule is CCCCCCCCCCCCCCCOCC(COC1OC(COC2OC(CO)C(O)C(O)C2O)C(O)C(O)C1O)OC(=O)CCCCCCCCCCCCCC. The minimum Gasteiger partial charge on any atom is -0.457 e. The summed E-state index contributed by atoms with van der Waals surface area (Å²) in [4.78, 5) is 12.9. The molecule has 0 aromatic rings. The molecule has 0 spiro atoms. The molecule has 2 heterocycles. The van der Waals surface area contributed by atoms with Crippen molar-refractivity contribution in [3.8, 4) is 0 Å².